The summed E-state index contributed by atoms with van der Waals surface area (Å²) in [5.74, 6) is 0.298. The second-order valence-corrected chi connectivity index (χ2v) is 7.00. The van der Waals surface area contributed by atoms with Crippen molar-refractivity contribution in [2.75, 3.05) is 39.8 Å². The predicted molar refractivity (Wildman–Crippen MR) is 93.7 cm³/mol. The Morgan fingerprint density at radius 2 is 2.15 bits per heavy atom. The number of aliphatic hydroxyl groups excluding tert-OH is 1. The van der Waals surface area contributed by atoms with Crippen LogP contribution in [0.15, 0.2) is 24.3 Å². The fraction of sp³-hybridized carbons (Fsp3) is 0.632. The Balaban J connectivity index is 1.84. The molecule has 1 aromatic carbocycles. The summed E-state index contributed by atoms with van der Waals surface area (Å²) >= 11 is 0. The van der Waals surface area contributed by atoms with Crippen molar-refractivity contribution in [3.05, 3.63) is 35.4 Å². The Morgan fingerprint density at radius 3 is 2.85 bits per heavy atom. The highest BCUT2D eigenvalue weighted by Gasteiger charge is 2.30. The number of carbonyl (C=O) groups excluding carboxylic acids is 1. The molecular weight excluding hydrogens is 345 g/mol. The summed E-state index contributed by atoms with van der Waals surface area (Å²) in [4.78, 5) is 15.7. The third-order valence-corrected chi connectivity index (χ3v) is 4.86. The third-order valence-electron chi connectivity index (χ3n) is 4.86. The van der Waals surface area contributed by atoms with E-state index >= 15 is 0 Å². The van der Waals surface area contributed by atoms with Gasteiger partial charge in [0.05, 0.1) is 12.2 Å². The first-order valence-corrected chi connectivity index (χ1v) is 9.03. The zero-order valence-corrected chi connectivity index (χ0v) is 15.1. The van der Waals surface area contributed by atoms with Crippen LogP contribution in [0.25, 0.3) is 0 Å². The number of halogens is 3. The van der Waals surface area contributed by atoms with Crippen molar-refractivity contribution in [2.24, 2.45) is 5.92 Å². The maximum absolute atomic E-state index is 12.8. The van der Waals surface area contributed by atoms with Gasteiger partial charge in [-0.05, 0) is 43.4 Å². The average Bonchev–Trinajstić information content (AvgIpc) is 2.60. The van der Waals surface area contributed by atoms with E-state index < -0.39 is 11.7 Å². The van der Waals surface area contributed by atoms with Gasteiger partial charge in [-0.15, -0.1) is 0 Å². The fourth-order valence-corrected chi connectivity index (χ4v) is 3.47. The summed E-state index contributed by atoms with van der Waals surface area (Å²) in [7, 11) is 1.75. The van der Waals surface area contributed by atoms with Crippen LogP contribution in [0.5, 0.6) is 0 Å². The second kappa shape index (κ2) is 9.37. The van der Waals surface area contributed by atoms with Gasteiger partial charge in [-0.25, -0.2) is 0 Å². The van der Waals surface area contributed by atoms with Gasteiger partial charge in [0.15, 0.2) is 0 Å². The topological polar surface area (TPSA) is 43.8 Å². The number of alkyl halides is 3. The van der Waals surface area contributed by atoms with Gasteiger partial charge in [-0.2, -0.15) is 13.2 Å². The molecule has 7 heteroatoms. The molecular formula is C19H27F3N2O2. The molecule has 1 aromatic rings. The van der Waals surface area contributed by atoms with Crippen LogP contribution in [0.3, 0.4) is 0 Å². The molecule has 1 fully saturated rings. The number of likely N-dealkylation sites (tertiary alicyclic amines) is 1. The van der Waals surface area contributed by atoms with Crippen molar-refractivity contribution in [1.29, 1.82) is 0 Å². The first-order chi connectivity index (χ1) is 12.3. The lowest BCUT2D eigenvalue weighted by molar-refractivity contribution is -0.137. The molecule has 0 aliphatic carbocycles. The first-order valence-electron chi connectivity index (χ1n) is 9.03. The standard InChI is InChI=1S/C19H27F3N2O2/c1-23(18(26)8-11-25)13-16-5-3-9-24(14-16)10-7-15-4-2-6-17(12-15)19(20,21)22/h2,4,6,12,16,25H,3,5,7-11,13-14H2,1H3/t16-/m1/s1. The molecule has 0 saturated carbocycles. The van der Waals surface area contributed by atoms with Gasteiger partial charge < -0.3 is 14.9 Å². The number of hydrogen-bond acceptors (Lipinski definition) is 3. The summed E-state index contributed by atoms with van der Waals surface area (Å²) in [6.45, 7) is 3.00. The van der Waals surface area contributed by atoms with Crippen molar-refractivity contribution in [2.45, 2.75) is 31.9 Å². The summed E-state index contributed by atoms with van der Waals surface area (Å²) in [6, 6.07) is 5.51. The fourth-order valence-electron chi connectivity index (χ4n) is 3.47. The average molecular weight is 372 g/mol. The molecule has 1 heterocycles. The molecule has 4 nitrogen and oxygen atoms in total. The number of hydrogen-bond donors (Lipinski definition) is 1. The maximum atomic E-state index is 12.8. The number of benzene rings is 1. The van der Waals surface area contributed by atoms with Crippen LogP contribution in [0.4, 0.5) is 13.2 Å². The van der Waals surface area contributed by atoms with E-state index in [1.807, 2.05) is 0 Å². The molecule has 1 atom stereocenters. The molecule has 0 spiro atoms. The number of carbonyl (C=O) groups is 1. The minimum Gasteiger partial charge on any atom is -0.396 e. The lowest BCUT2D eigenvalue weighted by atomic mass is 9.97. The van der Waals surface area contributed by atoms with Gasteiger partial charge in [0.25, 0.3) is 0 Å². The number of aliphatic hydroxyl groups is 1. The van der Waals surface area contributed by atoms with Crippen molar-refractivity contribution >= 4 is 5.91 Å². The van der Waals surface area contributed by atoms with Crippen molar-refractivity contribution in [3.8, 4) is 0 Å². The highest BCUT2D eigenvalue weighted by atomic mass is 19.4. The van der Waals surface area contributed by atoms with E-state index in [4.69, 9.17) is 5.11 Å². The Kier molecular flexibility index (Phi) is 7.46. The minimum absolute atomic E-state index is 0.0615. The molecule has 2 rings (SSSR count). The van der Waals surface area contributed by atoms with E-state index in [0.29, 0.717) is 31.0 Å². The molecule has 1 N–H and O–H groups in total. The van der Waals surface area contributed by atoms with Gasteiger partial charge >= 0.3 is 6.18 Å². The van der Waals surface area contributed by atoms with E-state index in [1.165, 1.54) is 12.1 Å². The minimum atomic E-state index is -4.31. The van der Waals surface area contributed by atoms with Crippen molar-refractivity contribution < 1.29 is 23.1 Å². The number of amides is 1. The van der Waals surface area contributed by atoms with Gasteiger partial charge in [0, 0.05) is 33.1 Å². The van der Waals surface area contributed by atoms with Crippen LogP contribution < -0.4 is 0 Å². The molecule has 1 saturated heterocycles. The van der Waals surface area contributed by atoms with Crippen LogP contribution >= 0.6 is 0 Å². The van der Waals surface area contributed by atoms with Crippen molar-refractivity contribution in [1.82, 2.24) is 9.80 Å². The summed E-state index contributed by atoms with van der Waals surface area (Å²) in [6.07, 6.45) is -1.53. The van der Waals surface area contributed by atoms with E-state index in [0.717, 1.165) is 32.0 Å². The van der Waals surface area contributed by atoms with Gasteiger partial charge in [0.1, 0.15) is 0 Å². The predicted octanol–water partition coefficient (Wildman–Crippen LogP) is 2.80. The van der Waals surface area contributed by atoms with Gasteiger partial charge in [-0.3, -0.25) is 4.79 Å². The number of rotatable bonds is 7. The lowest BCUT2D eigenvalue weighted by Crippen LogP contribution is -2.42. The van der Waals surface area contributed by atoms with E-state index in [1.54, 1.807) is 18.0 Å². The molecule has 0 bridgehead atoms. The highest BCUT2D eigenvalue weighted by molar-refractivity contribution is 5.75. The molecule has 0 unspecified atom stereocenters. The molecule has 26 heavy (non-hydrogen) atoms. The van der Waals surface area contributed by atoms with Crippen LogP contribution in [0.1, 0.15) is 30.4 Å². The normalized spacial score (nSPS) is 18.7. The smallest absolute Gasteiger partial charge is 0.396 e. The van der Waals surface area contributed by atoms with E-state index in [2.05, 4.69) is 4.90 Å². The zero-order valence-electron chi connectivity index (χ0n) is 15.1. The highest BCUT2D eigenvalue weighted by Crippen LogP contribution is 2.29. The Hall–Kier alpha value is -1.60. The van der Waals surface area contributed by atoms with Crippen LogP contribution in [0, 0.1) is 5.92 Å². The molecule has 146 valence electrons. The Morgan fingerprint density at radius 1 is 1.38 bits per heavy atom. The number of piperidine rings is 1. The Bertz CT molecular complexity index is 592. The molecule has 1 aliphatic heterocycles. The monoisotopic (exact) mass is 372 g/mol. The van der Waals surface area contributed by atoms with Crippen LogP contribution in [0.2, 0.25) is 0 Å². The molecule has 0 radical (unpaired) electrons. The third kappa shape index (κ3) is 6.29. The lowest BCUT2D eigenvalue weighted by Gasteiger charge is -2.34. The number of nitrogens with zero attached hydrogens (tertiary/aromatic N) is 2. The Labute approximate surface area is 152 Å². The first kappa shape index (κ1) is 20.7. The second-order valence-electron chi connectivity index (χ2n) is 7.00. The van der Waals surface area contributed by atoms with Crippen molar-refractivity contribution in [3.63, 3.8) is 0 Å². The van der Waals surface area contributed by atoms with Gasteiger partial charge in [0.2, 0.25) is 5.91 Å². The largest absolute Gasteiger partial charge is 0.416 e. The van der Waals surface area contributed by atoms with Gasteiger partial charge in [-0.1, -0.05) is 18.2 Å². The zero-order chi connectivity index (χ0) is 19.2. The summed E-state index contributed by atoms with van der Waals surface area (Å²) in [5.41, 5.74) is 0.0905. The molecule has 1 amide bonds. The van der Waals surface area contributed by atoms with Crippen LogP contribution in [-0.2, 0) is 17.4 Å². The summed E-state index contributed by atoms with van der Waals surface area (Å²) in [5, 5.41) is 8.86. The van der Waals surface area contributed by atoms with E-state index in [-0.39, 0.29) is 18.9 Å². The maximum Gasteiger partial charge on any atom is 0.416 e. The SMILES string of the molecule is CN(C[C@H]1CCCN(CCc2cccc(C(F)(F)F)c2)C1)C(=O)CCO. The van der Waals surface area contributed by atoms with Crippen LogP contribution in [-0.4, -0.2) is 60.6 Å². The quantitative estimate of drug-likeness (QED) is 0.801. The summed E-state index contributed by atoms with van der Waals surface area (Å²) < 4.78 is 38.4. The molecule has 0 aromatic heterocycles. The van der Waals surface area contributed by atoms with E-state index in [9.17, 15) is 18.0 Å². The molecule has 1 aliphatic rings.